The van der Waals surface area contributed by atoms with Gasteiger partial charge in [-0.3, -0.25) is 4.72 Å². The van der Waals surface area contributed by atoms with Crippen LogP contribution in [0.1, 0.15) is 21.5 Å². The van der Waals surface area contributed by atoms with Crippen molar-refractivity contribution in [3.05, 3.63) is 59.2 Å². The van der Waals surface area contributed by atoms with Crippen LogP contribution in [0, 0.1) is 13.8 Å². The van der Waals surface area contributed by atoms with Gasteiger partial charge >= 0.3 is 5.97 Å². The molecule has 0 spiro atoms. The van der Waals surface area contributed by atoms with E-state index in [2.05, 4.69) is 26.6 Å². The van der Waals surface area contributed by atoms with E-state index < -0.39 is 16.0 Å². The van der Waals surface area contributed by atoms with Crippen molar-refractivity contribution in [1.82, 2.24) is 9.88 Å². The van der Waals surface area contributed by atoms with Gasteiger partial charge in [0.2, 0.25) is 0 Å². The highest BCUT2D eigenvalue weighted by molar-refractivity contribution is 7.92. The van der Waals surface area contributed by atoms with E-state index in [1.54, 1.807) is 43.3 Å². The molecule has 1 saturated heterocycles. The number of carboxylic acid groups (broad SMARTS) is 1. The van der Waals surface area contributed by atoms with Crippen LogP contribution in [0.3, 0.4) is 0 Å². The Hall–Kier alpha value is -3.17. The van der Waals surface area contributed by atoms with E-state index in [-0.39, 0.29) is 16.1 Å². The zero-order valence-corrected chi connectivity index (χ0v) is 19.1. The van der Waals surface area contributed by atoms with Gasteiger partial charge in [-0.25, -0.2) is 18.2 Å². The van der Waals surface area contributed by atoms with Crippen molar-refractivity contribution in [1.29, 1.82) is 0 Å². The average molecular weight is 455 g/mol. The van der Waals surface area contributed by atoms with Crippen molar-refractivity contribution in [2.24, 2.45) is 0 Å². The highest BCUT2D eigenvalue weighted by atomic mass is 32.2. The third kappa shape index (κ3) is 4.39. The molecule has 168 valence electrons. The molecule has 1 aliphatic heterocycles. The average Bonchev–Trinajstić information content (AvgIpc) is 2.73. The Morgan fingerprint density at radius 2 is 1.75 bits per heavy atom. The van der Waals surface area contributed by atoms with Crippen LogP contribution in [0.5, 0.6) is 0 Å². The summed E-state index contributed by atoms with van der Waals surface area (Å²) in [6, 6.07) is 11.5. The fraction of sp³-hybridized carbons (Fsp3) is 0.304. The molecular formula is C23H26N4O4S. The van der Waals surface area contributed by atoms with Crippen LogP contribution in [0.15, 0.2) is 47.4 Å². The largest absolute Gasteiger partial charge is 0.478 e. The number of hydrogen-bond donors (Lipinski definition) is 2. The van der Waals surface area contributed by atoms with Crippen LogP contribution in [-0.2, 0) is 10.0 Å². The predicted octanol–water partition coefficient (Wildman–Crippen LogP) is 3.10. The third-order valence-corrected chi connectivity index (χ3v) is 7.27. The van der Waals surface area contributed by atoms with Gasteiger partial charge in [0.25, 0.3) is 10.0 Å². The molecule has 2 N–H and O–H groups in total. The standard InChI is InChI=1S/C23H26N4O4S/c1-15-4-7-21(16(2)12-15)32(30,31)25-17-5-6-20-18(13-17)19(23(28)29)14-22(24-20)27-10-8-26(3)9-11-27/h4-7,12-14,25H,8-11H2,1-3H3,(H,28,29). The molecule has 0 atom stereocenters. The number of piperazine rings is 1. The Labute approximate surface area is 187 Å². The molecule has 4 rings (SSSR count). The van der Waals surface area contributed by atoms with Gasteiger partial charge in [0.05, 0.1) is 16.0 Å². The molecule has 1 aromatic heterocycles. The van der Waals surface area contributed by atoms with E-state index in [4.69, 9.17) is 0 Å². The van der Waals surface area contributed by atoms with Crippen molar-refractivity contribution in [3.8, 4) is 0 Å². The molecule has 0 aliphatic carbocycles. The monoisotopic (exact) mass is 454 g/mol. The molecule has 0 radical (unpaired) electrons. The zero-order valence-electron chi connectivity index (χ0n) is 18.3. The lowest BCUT2D eigenvalue weighted by Gasteiger charge is -2.33. The lowest BCUT2D eigenvalue weighted by Crippen LogP contribution is -2.44. The lowest BCUT2D eigenvalue weighted by atomic mass is 10.1. The van der Waals surface area contributed by atoms with Crippen LogP contribution >= 0.6 is 0 Å². The summed E-state index contributed by atoms with van der Waals surface area (Å²) in [6.45, 7) is 6.93. The van der Waals surface area contributed by atoms with Gasteiger partial charge in [-0.2, -0.15) is 0 Å². The smallest absolute Gasteiger partial charge is 0.336 e. The number of carbonyl (C=O) groups is 1. The Balaban J connectivity index is 1.71. The molecule has 1 fully saturated rings. The summed E-state index contributed by atoms with van der Waals surface area (Å²) in [5.74, 6) is -0.464. The second-order valence-corrected chi connectivity index (χ2v) is 9.88. The van der Waals surface area contributed by atoms with Gasteiger partial charge in [-0.15, -0.1) is 0 Å². The number of likely N-dealkylation sites (N-methyl/N-ethyl adjacent to an activating group) is 1. The van der Waals surface area contributed by atoms with Gasteiger partial charge in [0, 0.05) is 37.3 Å². The molecule has 2 heterocycles. The molecule has 8 nitrogen and oxygen atoms in total. The van der Waals surface area contributed by atoms with Gasteiger partial charge in [-0.1, -0.05) is 17.7 Å². The highest BCUT2D eigenvalue weighted by Gasteiger charge is 2.21. The minimum Gasteiger partial charge on any atom is -0.478 e. The molecule has 9 heteroatoms. The molecule has 2 aromatic carbocycles. The number of aryl methyl sites for hydroxylation is 2. The van der Waals surface area contributed by atoms with Crippen LogP contribution in [0.2, 0.25) is 0 Å². The first-order chi connectivity index (χ1) is 15.1. The normalized spacial score (nSPS) is 15.2. The Bertz CT molecular complexity index is 1300. The van der Waals surface area contributed by atoms with Crippen LogP contribution < -0.4 is 9.62 Å². The van der Waals surface area contributed by atoms with Crippen molar-refractivity contribution in [2.75, 3.05) is 42.8 Å². The molecule has 0 bridgehead atoms. The molecule has 32 heavy (non-hydrogen) atoms. The fourth-order valence-corrected chi connectivity index (χ4v) is 5.24. The van der Waals surface area contributed by atoms with Crippen LogP contribution in [-0.4, -0.2) is 62.6 Å². The van der Waals surface area contributed by atoms with Gasteiger partial charge < -0.3 is 14.9 Å². The SMILES string of the molecule is Cc1ccc(S(=O)(=O)Nc2ccc3nc(N4CCN(C)CC4)cc(C(=O)O)c3c2)c(C)c1. The quantitative estimate of drug-likeness (QED) is 0.611. The van der Waals surface area contributed by atoms with Crippen molar-refractivity contribution in [3.63, 3.8) is 0 Å². The fourth-order valence-electron chi connectivity index (χ4n) is 3.96. The number of fused-ring (bicyclic) bond motifs is 1. The van der Waals surface area contributed by atoms with Crippen molar-refractivity contribution < 1.29 is 18.3 Å². The van der Waals surface area contributed by atoms with Crippen LogP contribution in [0.25, 0.3) is 10.9 Å². The van der Waals surface area contributed by atoms with Crippen LogP contribution in [0.4, 0.5) is 11.5 Å². The summed E-state index contributed by atoms with van der Waals surface area (Å²) in [5, 5.41) is 10.2. The van der Waals surface area contributed by atoms with E-state index >= 15 is 0 Å². The minimum absolute atomic E-state index is 0.0940. The summed E-state index contributed by atoms with van der Waals surface area (Å²) < 4.78 is 28.4. The van der Waals surface area contributed by atoms with Crippen molar-refractivity contribution in [2.45, 2.75) is 18.7 Å². The number of nitrogens with zero attached hydrogens (tertiary/aromatic N) is 3. The minimum atomic E-state index is -3.82. The maximum Gasteiger partial charge on any atom is 0.336 e. The van der Waals surface area contributed by atoms with E-state index in [0.29, 0.717) is 22.3 Å². The summed E-state index contributed by atoms with van der Waals surface area (Å²) >= 11 is 0. The summed E-state index contributed by atoms with van der Waals surface area (Å²) in [5.41, 5.74) is 2.50. The Morgan fingerprint density at radius 1 is 1.03 bits per heavy atom. The number of anilines is 2. The lowest BCUT2D eigenvalue weighted by molar-refractivity contribution is 0.0699. The Kier molecular flexibility index (Phi) is 5.79. The van der Waals surface area contributed by atoms with Gasteiger partial charge in [0.1, 0.15) is 5.82 Å². The first-order valence-electron chi connectivity index (χ1n) is 10.4. The molecular weight excluding hydrogens is 428 g/mol. The second-order valence-electron chi connectivity index (χ2n) is 8.23. The maximum atomic E-state index is 12.9. The first-order valence-corrected chi connectivity index (χ1v) is 11.8. The number of carboxylic acids is 1. The number of rotatable bonds is 5. The van der Waals surface area contributed by atoms with E-state index in [1.807, 2.05) is 6.92 Å². The predicted molar refractivity (Wildman–Crippen MR) is 125 cm³/mol. The topological polar surface area (TPSA) is 103 Å². The number of pyridine rings is 1. The number of sulfonamides is 1. The molecule has 1 aliphatic rings. The van der Waals surface area contributed by atoms with Crippen molar-refractivity contribution >= 4 is 38.4 Å². The number of hydrogen-bond acceptors (Lipinski definition) is 6. The number of benzene rings is 2. The summed E-state index contributed by atoms with van der Waals surface area (Å²) in [6.07, 6.45) is 0. The summed E-state index contributed by atoms with van der Waals surface area (Å²) in [7, 11) is -1.77. The zero-order chi connectivity index (χ0) is 23.0. The third-order valence-electron chi connectivity index (χ3n) is 5.73. The second kappa shape index (κ2) is 8.40. The molecule has 0 unspecified atom stereocenters. The number of nitrogens with one attached hydrogen (secondary N) is 1. The van der Waals surface area contributed by atoms with E-state index in [0.717, 1.165) is 31.7 Å². The van der Waals surface area contributed by atoms with Gasteiger partial charge in [-0.05, 0) is 56.8 Å². The molecule has 0 amide bonds. The molecule has 3 aromatic rings. The Morgan fingerprint density at radius 3 is 2.41 bits per heavy atom. The maximum absolute atomic E-state index is 12.9. The highest BCUT2D eigenvalue weighted by Crippen LogP contribution is 2.28. The number of aromatic nitrogens is 1. The number of aromatic carboxylic acids is 1. The van der Waals surface area contributed by atoms with Gasteiger partial charge in [0.15, 0.2) is 0 Å². The summed E-state index contributed by atoms with van der Waals surface area (Å²) in [4.78, 5) is 21.1. The first kappa shape index (κ1) is 22.0. The van der Waals surface area contributed by atoms with E-state index in [1.165, 1.54) is 6.07 Å². The molecule has 0 saturated carbocycles. The van der Waals surface area contributed by atoms with E-state index in [9.17, 15) is 18.3 Å².